The van der Waals surface area contributed by atoms with E-state index in [0.717, 1.165) is 11.3 Å². The summed E-state index contributed by atoms with van der Waals surface area (Å²) in [6.07, 6.45) is 2.07. The highest BCUT2D eigenvalue weighted by Crippen LogP contribution is 2.29. The van der Waals surface area contributed by atoms with Gasteiger partial charge in [-0.2, -0.15) is 0 Å². The first-order chi connectivity index (χ1) is 7.20. The van der Waals surface area contributed by atoms with E-state index in [1.165, 1.54) is 21.1 Å². The van der Waals surface area contributed by atoms with Crippen LogP contribution >= 0.6 is 23.1 Å². The van der Waals surface area contributed by atoms with Gasteiger partial charge in [0.1, 0.15) is 0 Å². The van der Waals surface area contributed by atoms with Crippen molar-refractivity contribution in [3.63, 3.8) is 0 Å². The van der Waals surface area contributed by atoms with Crippen molar-refractivity contribution >= 4 is 28.2 Å². The molecule has 0 unspecified atom stereocenters. The highest BCUT2D eigenvalue weighted by Gasteiger charge is 2.07. The second kappa shape index (κ2) is 4.24. The van der Waals surface area contributed by atoms with E-state index in [2.05, 4.69) is 35.5 Å². The molecule has 15 heavy (non-hydrogen) atoms. The second-order valence-electron chi connectivity index (χ2n) is 3.19. The number of nitrogens with two attached hydrogens (primary N) is 1. The molecule has 0 aliphatic carbocycles. The Kier molecular flexibility index (Phi) is 2.98. The van der Waals surface area contributed by atoms with E-state index in [0.29, 0.717) is 5.13 Å². The van der Waals surface area contributed by atoms with Crippen LogP contribution in [-0.4, -0.2) is 11.2 Å². The van der Waals surface area contributed by atoms with Gasteiger partial charge in [0.15, 0.2) is 5.13 Å². The van der Waals surface area contributed by atoms with Crippen molar-refractivity contribution in [3.05, 3.63) is 29.1 Å². The van der Waals surface area contributed by atoms with Gasteiger partial charge in [-0.3, -0.25) is 0 Å². The van der Waals surface area contributed by atoms with Crippen LogP contribution in [0.3, 0.4) is 0 Å². The lowest BCUT2D eigenvalue weighted by Gasteiger charge is -2.00. The number of nitrogen functional groups attached to an aromatic ring is 1. The van der Waals surface area contributed by atoms with Crippen molar-refractivity contribution in [2.24, 2.45) is 0 Å². The molecule has 0 spiro atoms. The molecule has 0 atom stereocenters. The number of thiazole rings is 1. The number of rotatable bonds is 2. The molecular formula is C11H12N2S2. The Balaban J connectivity index is 2.41. The average Bonchev–Trinajstić information content (AvgIpc) is 2.58. The average molecular weight is 236 g/mol. The zero-order valence-electron chi connectivity index (χ0n) is 8.65. The molecule has 0 fully saturated rings. The first kappa shape index (κ1) is 10.5. The van der Waals surface area contributed by atoms with Crippen LogP contribution in [0.4, 0.5) is 5.13 Å². The maximum absolute atomic E-state index is 5.68. The molecule has 4 heteroatoms. The zero-order chi connectivity index (χ0) is 10.8. The molecule has 1 aromatic carbocycles. The predicted octanol–water partition coefficient (Wildman–Crippen LogP) is 3.42. The quantitative estimate of drug-likeness (QED) is 0.812. The number of hydrogen-bond donors (Lipinski definition) is 1. The van der Waals surface area contributed by atoms with Crippen molar-refractivity contribution in [1.82, 2.24) is 4.98 Å². The monoisotopic (exact) mass is 236 g/mol. The SMILES string of the molecule is CSc1ccc(-c2nc(N)sc2C)cc1. The van der Waals surface area contributed by atoms with Crippen molar-refractivity contribution in [3.8, 4) is 11.3 Å². The normalized spacial score (nSPS) is 10.5. The summed E-state index contributed by atoms with van der Waals surface area (Å²) in [7, 11) is 0. The highest BCUT2D eigenvalue weighted by atomic mass is 32.2. The van der Waals surface area contributed by atoms with Gasteiger partial charge in [0.25, 0.3) is 0 Å². The number of aromatic nitrogens is 1. The molecule has 1 aromatic heterocycles. The number of hydrogen-bond acceptors (Lipinski definition) is 4. The topological polar surface area (TPSA) is 38.9 Å². The first-order valence-corrected chi connectivity index (χ1v) is 6.62. The molecule has 0 bridgehead atoms. The van der Waals surface area contributed by atoms with Crippen molar-refractivity contribution in [2.45, 2.75) is 11.8 Å². The van der Waals surface area contributed by atoms with E-state index in [1.54, 1.807) is 11.8 Å². The van der Waals surface area contributed by atoms with E-state index in [4.69, 9.17) is 5.73 Å². The van der Waals surface area contributed by atoms with Gasteiger partial charge < -0.3 is 5.73 Å². The number of thioether (sulfide) groups is 1. The van der Waals surface area contributed by atoms with Crippen LogP contribution in [0, 0.1) is 6.92 Å². The number of benzene rings is 1. The fourth-order valence-corrected chi connectivity index (χ4v) is 2.55. The van der Waals surface area contributed by atoms with E-state index in [-0.39, 0.29) is 0 Å². The van der Waals surface area contributed by atoms with Gasteiger partial charge >= 0.3 is 0 Å². The molecule has 2 N–H and O–H groups in total. The van der Waals surface area contributed by atoms with Crippen LogP contribution in [0.5, 0.6) is 0 Å². The van der Waals surface area contributed by atoms with Gasteiger partial charge in [0, 0.05) is 15.3 Å². The fourth-order valence-electron chi connectivity index (χ4n) is 1.43. The molecule has 78 valence electrons. The van der Waals surface area contributed by atoms with Gasteiger partial charge in [0.05, 0.1) is 5.69 Å². The van der Waals surface area contributed by atoms with Gasteiger partial charge in [-0.15, -0.1) is 23.1 Å². The molecular weight excluding hydrogens is 224 g/mol. The number of anilines is 1. The Hall–Kier alpha value is -1.00. The van der Waals surface area contributed by atoms with E-state index in [9.17, 15) is 0 Å². The predicted molar refractivity (Wildman–Crippen MR) is 68.5 cm³/mol. The Bertz CT molecular complexity index is 460. The van der Waals surface area contributed by atoms with Crippen LogP contribution in [0.2, 0.25) is 0 Å². The summed E-state index contributed by atoms with van der Waals surface area (Å²) in [5, 5.41) is 0.636. The smallest absolute Gasteiger partial charge is 0.180 e. The standard InChI is InChI=1S/C11H12N2S2/c1-7-10(13-11(12)15-7)8-3-5-9(14-2)6-4-8/h3-6H,1-2H3,(H2,12,13). The van der Waals surface area contributed by atoms with Crippen LogP contribution in [-0.2, 0) is 0 Å². The Morgan fingerprint density at radius 1 is 1.27 bits per heavy atom. The lowest BCUT2D eigenvalue weighted by Crippen LogP contribution is -1.83. The molecule has 0 aliphatic heterocycles. The van der Waals surface area contributed by atoms with Crippen LogP contribution in [0.25, 0.3) is 11.3 Å². The van der Waals surface area contributed by atoms with Crippen LogP contribution in [0.15, 0.2) is 29.2 Å². The van der Waals surface area contributed by atoms with Gasteiger partial charge in [-0.25, -0.2) is 4.98 Å². The lowest BCUT2D eigenvalue weighted by atomic mass is 10.1. The maximum atomic E-state index is 5.68. The Morgan fingerprint density at radius 2 is 1.93 bits per heavy atom. The maximum Gasteiger partial charge on any atom is 0.180 e. The molecule has 0 saturated heterocycles. The Morgan fingerprint density at radius 3 is 2.40 bits per heavy atom. The summed E-state index contributed by atoms with van der Waals surface area (Å²) in [5.41, 5.74) is 7.82. The fraction of sp³-hybridized carbons (Fsp3) is 0.182. The largest absolute Gasteiger partial charge is 0.375 e. The van der Waals surface area contributed by atoms with Crippen molar-refractivity contribution in [1.29, 1.82) is 0 Å². The van der Waals surface area contributed by atoms with E-state index >= 15 is 0 Å². The summed E-state index contributed by atoms with van der Waals surface area (Å²) in [4.78, 5) is 6.76. The molecule has 0 amide bonds. The molecule has 2 nitrogen and oxygen atoms in total. The zero-order valence-corrected chi connectivity index (χ0v) is 10.3. The van der Waals surface area contributed by atoms with Crippen LogP contribution < -0.4 is 5.73 Å². The van der Waals surface area contributed by atoms with E-state index < -0.39 is 0 Å². The second-order valence-corrected chi connectivity index (χ2v) is 5.30. The summed E-state index contributed by atoms with van der Waals surface area (Å²) in [5.74, 6) is 0. The molecule has 2 aromatic rings. The minimum atomic E-state index is 0.636. The van der Waals surface area contributed by atoms with Gasteiger partial charge in [-0.1, -0.05) is 12.1 Å². The summed E-state index contributed by atoms with van der Waals surface area (Å²) >= 11 is 3.28. The highest BCUT2D eigenvalue weighted by molar-refractivity contribution is 7.98. The molecule has 0 radical (unpaired) electrons. The first-order valence-electron chi connectivity index (χ1n) is 4.58. The summed E-state index contributed by atoms with van der Waals surface area (Å²) < 4.78 is 0. The van der Waals surface area contributed by atoms with Crippen molar-refractivity contribution in [2.75, 3.05) is 12.0 Å². The third-order valence-corrected chi connectivity index (χ3v) is 3.72. The third-order valence-electron chi connectivity index (χ3n) is 2.18. The van der Waals surface area contributed by atoms with Gasteiger partial charge in [0.2, 0.25) is 0 Å². The summed E-state index contributed by atoms with van der Waals surface area (Å²) in [6, 6.07) is 8.39. The summed E-state index contributed by atoms with van der Waals surface area (Å²) in [6.45, 7) is 2.05. The minimum absolute atomic E-state index is 0.636. The van der Waals surface area contributed by atoms with Gasteiger partial charge in [-0.05, 0) is 25.3 Å². The molecule has 0 aliphatic rings. The number of nitrogens with zero attached hydrogens (tertiary/aromatic N) is 1. The lowest BCUT2D eigenvalue weighted by molar-refractivity contribution is 1.36. The molecule has 1 heterocycles. The van der Waals surface area contributed by atoms with Crippen molar-refractivity contribution < 1.29 is 0 Å². The Labute approximate surface area is 97.5 Å². The molecule has 2 rings (SSSR count). The minimum Gasteiger partial charge on any atom is -0.375 e. The van der Waals surface area contributed by atoms with E-state index in [1.807, 2.05) is 6.92 Å². The molecule has 0 saturated carbocycles. The number of aryl methyl sites for hydroxylation is 1. The van der Waals surface area contributed by atoms with Crippen LogP contribution in [0.1, 0.15) is 4.88 Å². The third kappa shape index (κ3) is 2.16.